The maximum absolute atomic E-state index is 12.0. The number of aliphatic imine (C=N–C) groups is 1. The van der Waals surface area contributed by atoms with Crippen LogP contribution < -0.4 is 10.6 Å². The lowest BCUT2D eigenvalue weighted by molar-refractivity contribution is -0.149. The molecule has 7 nitrogen and oxygen atoms in total. The van der Waals surface area contributed by atoms with Gasteiger partial charge in [0, 0.05) is 31.3 Å². The fraction of sp³-hybridized carbons (Fsp3) is 0.909. The first-order valence-electron chi connectivity index (χ1n) is 11.7. The van der Waals surface area contributed by atoms with Gasteiger partial charge in [0.15, 0.2) is 5.96 Å². The number of rotatable bonds is 7. The van der Waals surface area contributed by atoms with Crippen LogP contribution in [0.4, 0.5) is 0 Å². The fourth-order valence-electron chi connectivity index (χ4n) is 4.99. The van der Waals surface area contributed by atoms with Crippen LogP contribution in [0.2, 0.25) is 0 Å². The van der Waals surface area contributed by atoms with Crippen LogP contribution in [0.15, 0.2) is 4.99 Å². The number of ether oxygens (including phenoxy) is 2. The second-order valence-corrected chi connectivity index (χ2v) is 8.67. The molecule has 8 heteroatoms. The van der Waals surface area contributed by atoms with Crippen molar-refractivity contribution in [3.8, 4) is 0 Å². The highest BCUT2D eigenvalue weighted by atomic mass is 127. The second kappa shape index (κ2) is 13.1. The third-order valence-electron chi connectivity index (χ3n) is 6.76. The Bertz CT molecular complexity index is 541. The number of nitrogens with zero attached hydrogens (tertiary/aromatic N) is 2. The Hall–Kier alpha value is -0.610. The average Bonchev–Trinajstić information content (AvgIpc) is 3.29. The Kier molecular flexibility index (Phi) is 11.2. The van der Waals surface area contributed by atoms with Crippen molar-refractivity contribution in [1.82, 2.24) is 15.5 Å². The first-order chi connectivity index (χ1) is 14.2. The Morgan fingerprint density at radius 3 is 2.40 bits per heavy atom. The van der Waals surface area contributed by atoms with E-state index < -0.39 is 0 Å². The lowest BCUT2D eigenvalue weighted by atomic mass is 9.86. The van der Waals surface area contributed by atoms with Crippen molar-refractivity contribution in [1.29, 1.82) is 0 Å². The van der Waals surface area contributed by atoms with Crippen LogP contribution in [0, 0.1) is 5.92 Å². The van der Waals surface area contributed by atoms with Crippen molar-refractivity contribution in [3.63, 3.8) is 0 Å². The molecule has 0 radical (unpaired) electrons. The molecule has 3 aliphatic rings. The number of esters is 1. The van der Waals surface area contributed by atoms with E-state index in [2.05, 4.69) is 22.5 Å². The van der Waals surface area contributed by atoms with Crippen molar-refractivity contribution in [3.05, 3.63) is 0 Å². The monoisotopic (exact) mass is 536 g/mol. The molecule has 2 N–H and O–H groups in total. The molecule has 0 atom stereocenters. The molecule has 2 aliphatic heterocycles. The number of carbonyl (C=O) groups excluding carboxylic acids is 1. The topological polar surface area (TPSA) is 75.2 Å². The van der Waals surface area contributed by atoms with E-state index in [-0.39, 0.29) is 41.4 Å². The molecule has 0 bridgehead atoms. The SMILES string of the molecule is CCNC(=NCC1(N2CCCC2)CCOCC1)NC1CCC(C(=O)OCC)CC1.I. The Morgan fingerprint density at radius 2 is 1.80 bits per heavy atom. The van der Waals surface area contributed by atoms with Crippen LogP contribution in [0.1, 0.15) is 65.2 Å². The first-order valence-corrected chi connectivity index (χ1v) is 11.7. The van der Waals surface area contributed by atoms with Gasteiger partial charge in [0.25, 0.3) is 0 Å². The molecule has 0 amide bonds. The Balaban J connectivity index is 0.00000320. The molecule has 3 rings (SSSR count). The predicted molar refractivity (Wildman–Crippen MR) is 130 cm³/mol. The van der Waals surface area contributed by atoms with Gasteiger partial charge in [0.1, 0.15) is 0 Å². The van der Waals surface area contributed by atoms with Crippen molar-refractivity contribution >= 4 is 35.9 Å². The molecule has 3 fully saturated rings. The quantitative estimate of drug-likeness (QED) is 0.226. The number of nitrogens with one attached hydrogen (secondary N) is 2. The summed E-state index contributed by atoms with van der Waals surface area (Å²) in [5, 5.41) is 7.06. The molecule has 0 aromatic heterocycles. The summed E-state index contributed by atoms with van der Waals surface area (Å²) in [4.78, 5) is 19.7. The summed E-state index contributed by atoms with van der Waals surface area (Å²) < 4.78 is 10.9. The summed E-state index contributed by atoms with van der Waals surface area (Å²) >= 11 is 0. The Morgan fingerprint density at radius 1 is 1.13 bits per heavy atom. The van der Waals surface area contributed by atoms with E-state index in [0.29, 0.717) is 12.6 Å². The number of hydrogen-bond donors (Lipinski definition) is 2. The maximum atomic E-state index is 12.0. The van der Waals surface area contributed by atoms with Gasteiger partial charge in [-0.05, 0) is 78.3 Å². The molecule has 0 spiro atoms. The Labute approximate surface area is 199 Å². The highest BCUT2D eigenvalue weighted by Crippen LogP contribution is 2.32. The lowest BCUT2D eigenvalue weighted by Crippen LogP contribution is -2.54. The standard InChI is InChI=1S/C22H40N4O3.HI/c1-3-23-21(25-19-9-7-18(8-10-19)20(27)29-4-2)24-17-22(11-15-28-16-12-22)26-13-5-6-14-26;/h18-19H,3-17H2,1-2H3,(H2,23,24,25);1H. The van der Waals surface area contributed by atoms with Gasteiger partial charge in [0.2, 0.25) is 0 Å². The minimum Gasteiger partial charge on any atom is -0.466 e. The van der Waals surface area contributed by atoms with E-state index in [9.17, 15) is 4.79 Å². The minimum absolute atomic E-state index is 0. The number of guanidine groups is 1. The molecular formula is C22H41IN4O3. The van der Waals surface area contributed by atoms with Crippen molar-refractivity contribution < 1.29 is 14.3 Å². The van der Waals surface area contributed by atoms with E-state index >= 15 is 0 Å². The van der Waals surface area contributed by atoms with Gasteiger partial charge in [-0.2, -0.15) is 0 Å². The largest absolute Gasteiger partial charge is 0.466 e. The number of hydrogen-bond acceptors (Lipinski definition) is 5. The van der Waals surface area contributed by atoms with Crippen LogP contribution in [-0.2, 0) is 14.3 Å². The van der Waals surface area contributed by atoms with Gasteiger partial charge in [0.05, 0.1) is 19.1 Å². The van der Waals surface area contributed by atoms with Crippen LogP contribution in [-0.4, -0.2) is 74.4 Å². The third kappa shape index (κ3) is 6.95. The van der Waals surface area contributed by atoms with Crippen LogP contribution in [0.25, 0.3) is 0 Å². The van der Waals surface area contributed by atoms with Gasteiger partial charge in [-0.3, -0.25) is 14.7 Å². The molecule has 1 saturated carbocycles. The smallest absolute Gasteiger partial charge is 0.308 e. The molecule has 0 unspecified atom stereocenters. The van der Waals surface area contributed by atoms with Crippen molar-refractivity contribution in [2.24, 2.45) is 10.9 Å². The third-order valence-corrected chi connectivity index (χ3v) is 6.76. The van der Waals surface area contributed by atoms with Gasteiger partial charge in [-0.1, -0.05) is 0 Å². The second-order valence-electron chi connectivity index (χ2n) is 8.67. The van der Waals surface area contributed by atoms with E-state index in [4.69, 9.17) is 14.5 Å². The van der Waals surface area contributed by atoms with Gasteiger partial charge >= 0.3 is 5.97 Å². The summed E-state index contributed by atoms with van der Waals surface area (Å²) in [5.74, 6) is 0.948. The normalized spacial score (nSPS) is 27.2. The molecule has 30 heavy (non-hydrogen) atoms. The summed E-state index contributed by atoms with van der Waals surface area (Å²) in [5.41, 5.74) is 0.151. The van der Waals surface area contributed by atoms with E-state index in [1.165, 1.54) is 25.9 Å². The highest BCUT2D eigenvalue weighted by Gasteiger charge is 2.39. The molecular weight excluding hydrogens is 495 g/mol. The van der Waals surface area contributed by atoms with Gasteiger partial charge < -0.3 is 20.1 Å². The number of halogens is 1. The zero-order valence-corrected chi connectivity index (χ0v) is 21.1. The zero-order valence-electron chi connectivity index (χ0n) is 18.8. The maximum Gasteiger partial charge on any atom is 0.308 e. The van der Waals surface area contributed by atoms with Gasteiger partial charge in [-0.15, -0.1) is 24.0 Å². The molecule has 2 saturated heterocycles. The van der Waals surface area contributed by atoms with Crippen molar-refractivity contribution in [2.45, 2.75) is 76.8 Å². The first kappa shape index (κ1) is 25.6. The predicted octanol–water partition coefficient (Wildman–Crippen LogP) is 2.93. The summed E-state index contributed by atoms with van der Waals surface area (Å²) in [6, 6.07) is 0.371. The van der Waals surface area contributed by atoms with Crippen LogP contribution in [0.5, 0.6) is 0 Å². The summed E-state index contributed by atoms with van der Waals surface area (Å²) in [6.07, 6.45) is 8.50. The number of carbonyl (C=O) groups is 1. The van der Waals surface area contributed by atoms with Crippen molar-refractivity contribution in [2.75, 3.05) is 46.0 Å². The zero-order chi connectivity index (χ0) is 20.5. The van der Waals surface area contributed by atoms with Gasteiger partial charge in [-0.25, -0.2) is 0 Å². The summed E-state index contributed by atoms with van der Waals surface area (Å²) in [7, 11) is 0. The minimum atomic E-state index is -0.0291. The van der Waals surface area contributed by atoms with E-state index in [0.717, 1.165) is 70.8 Å². The van der Waals surface area contributed by atoms with Crippen LogP contribution in [0.3, 0.4) is 0 Å². The van der Waals surface area contributed by atoms with E-state index in [1.807, 2.05) is 6.92 Å². The molecule has 2 heterocycles. The summed E-state index contributed by atoms with van der Waals surface area (Å²) in [6.45, 7) is 10.2. The lowest BCUT2D eigenvalue weighted by Gasteiger charge is -2.43. The molecule has 174 valence electrons. The molecule has 1 aliphatic carbocycles. The number of likely N-dealkylation sites (tertiary alicyclic amines) is 1. The fourth-order valence-corrected chi connectivity index (χ4v) is 4.99. The van der Waals surface area contributed by atoms with E-state index in [1.54, 1.807) is 0 Å². The van der Waals surface area contributed by atoms with Crippen LogP contribution >= 0.6 is 24.0 Å². The molecule has 0 aromatic rings. The molecule has 0 aromatic carbocycles. The highest BCUT2D eigenvalue weighted by molar-refractivity contribution is 14.0. The average molecular weight is 536 g/mol.